The zero-order valence-electron chi connectivity index (χ0n) is 9.47. The molecule has 5 nitrogen and oxygen atoms in total. The van der Waals surface area contributed by atoms with Gasteiger partial charge >= 0.3 is 0 Å². The SMILES string of the molecule is CCn1ccnc1C(NN)c1occc1C. The summed E-state index contributed by atoms with van der Waals surface area (Å²) in [7, 11) is 0. The second-order valence-electron chi connectivity index (χ2n) is 3.64. The Morgan fingerprint density at radius 1 is 1.62 bits per heavy atom. The number of hydrogen-bond acceptors (Lipinski definition) is 4. The third kappa shape index (κ3) is 1.75. The molecule has 2 heterocycles. The van der Waals surface area contributed by atoms with Gasteiger partial charge < -0.3 is 8.98 Å². The molecule has 2 aromatic heterocycles. The molecule has 0 saturated carbocycles. The van der Waals surface area contributed by atoms with E-state index in [0.29, 0.717) is 0 Å². The maximum absolute atomic E-state index is 5.58. The Balaban J connectivity index is 2.40. The number of nitrogens with two attached hydrogens (primary N) is 1. The molecule has 1 unspecified atom stereocenters. The summed E-state index contributed by atoms with van der Waals surface area (Å²) < 4.78 is 7.48. The predicted molar refractivity (Wildman–Crippen MR) is 60.5 cm³/mol. The molecule has 2 aromatic rings. The van der Waals surface area contributed by atoms with Crippen LogP contribution >= 0.6 is 0 Å². The molecular weight excluding hydrogens is 204 g/mol. The minimum absolute atomic E-state index is 0.204. The molecule has 0 saturated heterocycles. The number of aromatic nitrogens is 2. The summed E-state index contributed by atoms with van der Waals surface area (Å²) in [6.45, 7) is 4.91. The zero-order valence-corrected chi connectivity index (χ0v) is 9.47. The Morgan fingerprint density at radius 3 is 3.00 bits per heavy atom. The quantitative estimate of drug-likeness (QED) is 0.603. The van der Waals surface area contributed by atoms with Crippen LogP contribution in [-0.4, -0.2) is 9.55 Å². The fourth-order valence-corrected chi connectivity index (χ4v) is 1.80. The lowest BCUT2D eigenvalue weighted by Gasteiger charge is -2.15. The Labute approximate surface area is 94.2 Å². The standard InChI is InChI=1S/C11H16N4O/c1-3-15-6-5-13-11(15)9(14-12)10-8(2)4-7-16-10/h4-7,9,14H,3,12H2,1-2H3. The molecule has 0 aliphatic rings. The number of imidazole rings is 1. The van der Waals surface area contributed by atoms with Gasteiger partial charge in [-0.15, -0.1) is 0 Å². The van der Waals surface area contributed by atoms with Crippen molar-refractivity contribution in [3.05, 3.63) is 41.9 Å². The van der Waals surface area contributed by atoms with Crippen LogP contribution in [0.4, 0.5) is 0 Å². The molecule has 1 atom stereocenters. The van der Waals surface area contributed by atoms with Crippen LogP contribution in [0.2, 0.25) is 0 Å². The van der Waals surface area contributed by atoms with Gasteiger partial charge in [-0.1, -0.05) is 0 Å². The molecule has 0 amide bonds. The van der Waals surface area contributed by atoms with Gasteiger partial charge in [-0.3, -0.25) is 5.84 Å². The van der Waals surface area contributed by atoms with Gasteiger partial charge in [0.15, 0.2) is 0 Å². The number of nitrogens with zero attached hydrogens (tertiary/aromatic N) is 2. The number of furan rings is 1. The monoisotopic (exact) mass is 220 g/mol. The Bertz CT molecular complexity index is 460. The molecule has 2 rings (SSSR count). The highest BCUT2D eigenvalue weighted by Gasteiger charge is 2.21. The van der Waals surface area contributed by atoms with E-state index in [9.17, 15) is 0 Å². The largest absolute Gasteiger partial charge is 0.467 e. The summed E-state index contributed by atoms with van der Waals surface area (Å²) in [4.78, 5) is 4.32. The summed E-state index contributed by atoms with van der Waals surface area (Å²) in [5.74, 6) is 7.26. The lowest BCUT2D eigenvalue weighted by atomic mass is 10.1. The van der Waals surface area contributed by atoms with Gasteiger partial charge in [0, 0.05) is 18.9 Å². The molecule has 0 spiro atoms. The second kappa shape index (κ2) is 4.51. The molecule has 16 heavy (non-hydrogen) atoms. The van der Waals surface area contributed by atoms with Gasteiger partial charge in [0.2, 0.25) is 0 Å². The van der Waals surface area contributed by atoms with Gasteiger partial charge in [0.1, 0.15) is 17.6 Å². The third-order valence-corrected chi connectivity index (χ3v) is 2.68. The van der Waals surface area contributed by atoms with Crippen LogP contribution in [0, 0.1) is 6.92 Å². The number of hydrazine groups is 1. The van der Waals surface area contributed by atoms with Crippen molar-refractivity contribution in [1.82, 2.24) is 15.0 Å². The fourth-order valence-electron chi connectivity index (χ4n) is 1.80. The van der Waals surface area contributed by atoms with Gasteiger partial charge in [-0.25, -0.2) is 10.4 Å². The van der Waals surface area contributed by atoms with Crippen molar-refractivity contribution < 1.29 is 4.42 Å². The molecule has 3 N–H and O–H groups in total. The van der Waals surface area contributed by atoms with Crippen LogP contribution in [0.3, 0.4) is 0 Å². The van der Waals surface area contributed by atoms with Crippen LogP contribution < -0.4 is 11.3 Å². The summed E-state index contributed by atoms with van der Waals surface area (Å²) >= 11 is 0. The van der Waals surface area contributed by atoms with Crippen LogP contribution in [-0.2, 0) is 6.54 Å². The van der Waals surface area contributed by atoms with E-state index in [1.54, 1.807) is 12.5 Å². The zero-order chi connectivity index (χ0) is 11.5. The van der Waals surface area contributed by atoms with Crippen molar-refractivity contribution in [3.8, 4) is 0 Å². The molecule has 0 aromatic carbocycles. The average Bonchev–Trinajstić information content (AvgIpc) is 2.90. The highest BCUT2D eigenvalue weighted by atomic mass is 16.3. The third-order valence-electron chi connectivity index (χ3n) is 2.68. The maximum atomic E-state index is 5.58. The van der Waals surface area contributed by atoms with Crippen LogP contribution in [0.5, 0.6) is 0 Å². The van der Waals surface area contributed by atoms with E-state index in [2.05, 4.69) is 17.3 Å². The molecule has 0 bridgehead atoms. The van der Waals surface area contributed by atoms with Crippen LogP contribution in [0.25, 0.3) is 0 Å². The summed E-state index contributed by atoms with van der Waals surface area (Å²) in [5.41, 5.74) is 3.81. The Kier molecular flexibility index (Phi) is 3.07. The Morgan fingerprint density at radius 2 is 2.44 bits per heavy atom. The predicted octanol–water partition coefficient (Wildman–Crippen LogP) is 1.36. The van der Waals surface area contributed by atoms with Crippen molar-refractivity contribution in [2.75, 3.05) is 0 Å². The maximum Gasteiger partial charge on any atom is 0.137 e. The topological polar surface area (TPSA) is 69.0 Å². The highest BCUT2D eigenvalue weighted by molar-refractivity contribution is 5.23. The second-order valence-corrected chi connectivity index (χ2v) is 3.64. The van der Waals surface area contributed by atoms with Gasteiger partial charge in [0.25, 0.3) is 0 Å². The lowest BCUT2D eigenvalue weighted by molar-refractivity contribution is 0.429. The van der Waals surface area contributed by atoms with E-state index >= 15 is 0 Å². The van der Waals surface area contributed by atoms with Crippen molar-refractivity contribution in [3.63, 3.8) is 0 Å². The van der Waals surface area contributed by atoms with Gasteiger partial charge in [-0.05, 0) is 25.5 Å². The lowest BCUT2D eigenvalue weighted by Crippen LogP contribution is -2.31. The minimum atomic E-state index is -0.204. The summed E-state index contributed by atoms with van der Waals surface area (Å²) in [6, 6.07) is 1.71. The summed E-state index contributed by atoms with van der Waals surface area (Å²) in [6.07, 6.45) is 5.35. The Hall–Kier alpha value is -1.59. The number of nitrogens with one attached hydrogen (secondary N) is 1. The van der Waals surface area contributed by atoms with Crippen LogP contribution in [0.15, 0.2) is 29.1 Å². The van der Waals surface area contributed by atoms with E-state index in [4.69, 9.17) is 10.3 Å². The van der Waals surface area contributed by atoms with Crippen molar-refractivity contribution in [1.29, 1.82) is 0 Å². The minimum Gasteiger partial charge on any atom is -0.467 e. The number of rotatable bonds is 4. The van der Waals surface area contributed by atoms with E-state index in [1.165, 1.54) is 0 Å². The summed E-state index contributed by atoms with van der Waals surface area (Å²) in [5, 5.41) is 0. The van der Waals surface area contributed by atoms with E-state index in [0.717, 1.165) is 23.7 Å². The molecule has 5 heteroatoms. The number of aryl methyl sites for hydroxylation is 2. The van der Waals surface area contributed by atoms with Gasteiger partial charge in [-0.2, -0.15) is 0 Å². The normalized spacial score (nSPS) is 12.9. The highest BCUT2D eigenvalue weighted by Crippen LogP contribution is 2.23. The van der Waals surface area contributed by atoms with E-state index < -0.39 is 0 Å². The molecule has 0 fully saturated rings. The van der Waals surface area contributed by atoms with Crippen molar-refractivity contribution in [2.45, 2.75) is 26.4 Å². The van der Waals surface area contributed by atoms with Crippen molar-refractivity contribution >= 4 is 0 Å². The van der Waals surface area contributed by atoms with E-state index in [1.807, 2.05) is 23.8 Å². The first-order chi connectivity index (χ1) is 7.77. The van der Waals surface area contributed by atoms with Gasteiger partial charge in [0.05, 0.1) is 6.26 Å². The molecule has 0 aliphatic carbocycles. The van der Waals surface area contributed by atoms with Crippen molar-refractivity contribution in [2.24, 2.45) is 5.84 Å². The van der Waals surface area contributed by atoms with Crippen LogP contribution in [0.1, 0.15) is 30.1 Å². The molecular formula is C11H16N4O. The first-order valence-electron chi connectivity index (χ1n) is 5.29. The smallest absolute Gasteiger partial charge is 0.137 e. The molecule has 0 aliphatic heterocycles. The first kappa shape index (κ1) is 10.9. The average molecular weight is 220 g/mol. The number of hydrogen-bond donors (Lipinski definition) is 2. The molecule has 0 radical (unpaired) electrons. The first-order valence-corrected chi connectivity index (χ1v) is 5.29. The van der Waals surface area contributed by atoms with E-state index in [-0.39, 0.29) is 6.04 Å². The fraction of sp³-hybridized carbons (Fsp3) is 0.364. The molecule has 86 valence electrons.